The lowest BCUT2D eigenvalue weighted by atomic mass is 10.0. The van der Waals surface area contributed by atoms with Crippen LogP contribution in [0.4, 0.5) is 0 Å². The largest absolute Gasteiger partial charge is 0.478 e. The van der Waals surface area contributed by atoms with Crippen LogP contribution >= 0.6 is 0 Å². The molecule has 0 aliphatic heterocycles. The Morgan fingerprint density at radius 3 is 1.86 bits per heavy atom. The van der Waals surface area contributed by atoms with E-state index >= 15 is 0 Å². The van der Waals surface area contributed by atoms with Crippen LogP contribution in [0.5, 0.6) is 0 Å². The van der Waals surface area contributed by atoms with Gasteiger partial charge in [-0.3, -0.25) is 0 Å². The highest BCUT2D eigenvalue weighted by atomic mass is 16.5. The normalized spacial score (nSPS) is 11.9. The topological polar surface area (TPSA) is 63.6 Å². The molecule has 14 heavy (non-hydrogen) atoms. The number of carboxylic acid groups (broad SMARTS) is 1. The number of hydrogen-bond donors (Lipinski definition) is 1. The van der Waals surface area contributed by atoms with Crippen molar-refractivity contribution in [2.45, 2.75) is 33.6 Å². The van der Waals surface area contributed by atoms with Crippen molar-refractivity contribution in [1.82, 2.24) is 0 Å². The third kappa shape index (κ3) is 3.20. The van der Waals surface area contributed by atoms with Gasteiger partial charge in [0.05, 0.1) is 6.61 Å². The minimum atomic E-state index is -1.04. The molecule has 0 rings (SSSR count). The van der Waals surface area contributed by atoms with E-state index < -0.39 is 11.9 Å². The zero-order chi connectivity index (χ0) is 11.1. The predicted octanol–water partition coefficient (Wildman–Crippen LogP) is 1.75. The van der Waals surface area contributed by atoms with Crippen molar-refractivity contribution in [2.24, 2.45) is 0 Å². The van der Waals surface area contributed by atoms with Crippen molar-refractivity contribution < 1.29 is 19.4 Å². The molecule has 0 amide bonds. The molecule has 0 spiro atoms. The molecule has 0 radical (unpaired) electrons. The van der Waals surface area contributed by atoms with Gasteiger partial charge in [-0.15, -0.1) is 0 Å². The Morgan fingerprint density at radius 1 is 1.07 bits per heavy atom. The van der Waals surface area contributed by atoms with E-state index in [2.05, 4.69) is 0 Å². The van der Waals surface area contributed by atoms with Gasteiger partial charge in [0.25, 0.3) is 0 Å². The maximum absolute atomic E-state index is 11.3. The van der Waals surface area contributed by atoms with E-state index in [1.807, 2.05) is 0 Å². The molecule has 4 heteroatoms. The Labute approximate surface area is 83.6 Å². The summed E-state index contributed by atoms with van der Waals surface area (Å²) in [6.45, 7) is 5.40. The molecule has 4 nitrogen and oxygen atoms in total. The van der Waals surface area contributed by atoms with E-state index in [-0.39, 0.29) is 17.8 Å². The SMILES string of the molecule is CCOC(=O)/C(CC)=C(/CC)C(=O)O. The van der Waals surface area contributed by atoms with Gasteiger partial charge in [0.15, 0.2) is 0 Å². The fourth-order valence-corrected chi connectivity index (χ4v) is 1.19. The average Bonchev–Trinajstić information content (AvgIpc) is 2.13. The quantitative estimate of drug-likeness (QED) is 0.542. The van der Waals surface area contributed by atoms with Gasteiger partial charge >= 0.3 is 11.9 Å². The highest BCUT2D eigenvalue weighted by Gasteiger charge is 2.18. The summed E-state index contributed by atoms with van der Waals surface area (Å²) in [4.78, 5) is 22.1. The average molecular weight is 200 g/mol. The first-order chi connectivity index (χ1) is 6.58. The summed E-state index contributed by atoms with van der Waals surface area (Å²) >= 11 is 0. The number of esters is 1. The number of ether oxygens (including phenoxy) is 1. The highest BCUT2D eigenvalue weighted by Crippen LogP contribution is 2.14. The highest BCUT2D eigenvalue weighted by molar-refractivity contribution is 5.99. The van der Waals surface area contributed by atoms with E-state index in [0.717, 1.165) is 0 Å². The van der Waals surface area contributed by atoms with Crippen molar-refractivity contribution in [3.05, 3.63) is 11.1 Å². The van der Waals surface area contributed by atoms with Gasteiger partial charge < -0.3 is 9.84 Å². The van der Waals surface area contributed by atoms with Crippen LogP contribution in [-0.4, -0.2) is 23.7 Å². The number of rotatable bonds is 5. The lowest BCUT2D eigenvalue weighted by molar-refractivity contribution is -0.140. The molecule has 80 valence electrons. The van der Waals surface area contributed by atoms with E-state index in [0.29, 0.717) is 12.8 Å². The van der Waals surface area contributed by atoms with Crippen molar-refractivity contribution in [2.75, 3.05) is 6.61 Å². The van der Waals surface area contributed by atoms with Crippen LogP contribution in [0.1, 0.15) is 33.6 Å². The van der Waals surface area contributed by atoms with Gasteiger partial charge in [0, 0.05) is 11.1 Å². The van der Waals surface area contributed by atoms with Gasteiger partial charge in [-0.2, -0.15) is 0 Å². The van der Waals surface area contributed by atoms with Crippen LogP contribution in [-0.2, 0) is 14.3 Å². The van der Waals surface area contributed by atoms with Crippen molar-refractivity contribution in [3.63, 3.8) is 0 Å². The molecule has 0 atom stereocenters. The minimum Gasteiger partial charge on any atom is -0.478 e. The molecule has 0 aliphatic rings. The Kier molecular flexibility index (Phi) is 5.60. The Bertz CT molecular complexity index is 253. The first-order valence-electron chi connectivity index (χ1n) is 4.70. The maximum Gasteiger partial charge on any atom is 0.334 e. The summed E-state index contributed by atoms with van der Waals surface area (Å²) in [5.74, 6) is -1.56. The summed E-state index contributed by atoms with van der Waals surface area (Å²) in [5.41, 5.74) is 0.410. The van der Waals surface area contributed by atoms with E-state index in [1.165, 1.54) is 0 Å². The zero-order valence-electron chi connectivity index (χ0n) is 8.79. The fraction of sp³-hybridized carbons (Fsp3) is 0.600. The number of carboxylic acids is 1. The van der Waals surface area contributed by atoms with Crippen LogP contribution in [0.25, 0.3) is 0 Å². The Hall–Kier alpha value is -1.32. The smallest absolute Gasteiger partial charge is 0.334 e. The fourth-order valence-electron chi connectivity index (χ4n) is 1.19. The van der Waals surface area contributed by atoms with Crippen molar-refractivity contribution in [3.8, 4) is 0 Å². The number of carbonyl (C=O) groups excluding carboxylic acids is 1. The predicted molar refractivity (Wildman–Crippen MR) is 51.9 cm³/mol. The standard InChI is InChI=1S/C10H16O4/c1-4-7(9(11)12)8(5-2)10(13)14-6-3/h4-6H2,1-3H3,(H,11,12)/b8-7-. The van der Waals surface area contributed by atoms with Crippen LogP contribution in [0.2, 0.25) is 0 Å². The molecule has 0 fully saturated rings. The van der Waals surface area contributed by atoms with Crippen molar-refractivity contribution in [1.29, 1.82) is 0 Å². The molecule has 0 aromatic rings. The van der Waals surface area contributed by atoms with Crippen LogP contribution in [0.15, 0.2) is 11.1 Å². The molecular weight excluding hydrogens is 184 g/mol. The number of aliphatic carboxylic acids is 1. The molecule has 0 bridgehead atoms. The molecule has 0 aliphatic carbocycles. The maximum atomic E-state index is 11.3. The zero-order valence-corrected chi connectivity index (χ0v) is 8.79. The molecule has 0 aromatic carbocycles. The van der Waals surface area contributed by atoms with Gasteiger partial charge in [-0.1, -0.05) is 13.8 Å². The monoisotopic (exact) mass is 200 g/mol. The molecular formula is C10H16O4. The third-order valence-electron chi connectivity index (χ3n) is 1.85. The summed E-state index contributed by atoms with van der Waals surface area (Å²) < 4.78 is 4.77. The first-order valence-corrected chi connectivity index (χ1v) is 4.70. The van der Waals surface area contributed by atoms with Gasteiger partial charge in [-0.05, 0) is 19.8 Å². The van der Waals surface area contributed by atoms with Gasteiger partial charge in [0.1, 0.15) is 0 Å². The van der Waals surface area contributed by atoms with E-state index in [1.54, 1.807) is 20.8 Å². The minimum absolute atomic E-state index is 0.144. The Morgan fingerprint density at radius 2 is 1.57 bits per heavy atom. The Balaban J connectivity index is 4.97. The molecule has 0 heterocycles. The lowest BCUT2D eigenvalue weighted by Gasteiger charge is -2.07. The summed E-state index contributed by atoms with van der Waals surface area (Å²) in [7, 11) is 0. The first kappa shape index (κ1) is 12.7. The van der Waals surface area contributed by atoms with Crippen molar-refractivity contribution >= 4 is 11.9 Å². The third-order valence-corrected chi connectivity index (χ3v) is 1.85. The number of carbonyl (C=O) groups is 2. The second-order valence-corrected chi connectivity index (χ2v) is 2.69. The number of hydrogen-bond acceptors (Lipinski definition) is 3. The molecule has 0 aromatic heterocycles. The second-order valence-electron chi connectivity index (χ2n) is 2.69. The summed E-state index contributed by atoms with van der Waals surface area (Å²) in [6.07, 6.45) is 0.714. The summed E-state index contributed by atoms with van der Waals surface area (Å²) in [5, 5.41) is 8.83. The lowest BCUT2D eigenvalue weighted by Crippen LogP contribution is -2.13. The second kappa shape index (κ2) is 6.18. The molecule has 1 N–H and O–H groups in total. The van der Waals surface area contributed by atoms with E-state index in [9.17, 15) is 9.59 Å². The summed E-state index contributed by atoms with van der Waals surface area (Å²) in [6, 6.07) is 0. The molecule has 0 saturated heterocycles. The molecule has 0 saturated carbocycles. The van der Waals surface area contributed by atoms with Gasteiger partial charge in [-0.25, -0.2) is 9.59 Å². The van der Waals surface area contributed by atoms with Crippen LogP contribution < -0.4 is 0 Å². The van der Waals surface area contributed by atoms with Gasteiger partial charge in [0.2, 0.25) is 0 Å². The van der Waals surface area contributed by atoms with Crippen LogP contribution in [0.3, 0.4) is 0 Å². The van der Waals surface area contributed by atoms with Crippen LogP contribution in [0, 0.1) is 0 Å². The van der Waals surface area contributed by atoms with E-state index in [4.69, 9.17) is 9.84 Å². The molecule has 0 unspecified atom stereocenters.